The van der Waals surface area contributed by atoms with Crippen LogP contribution in [0.1, 0.15) is 49.4 Å². The summed E-state index contributed by atoms with van der Waals surface area (Å²) in [7, 11) is 0. The Balaban J connectivity index is 1.88. The number of halogens is 3. The van der Waals surface area contributed by atoms with E-state index in [0.717, 1.165) is 32.1 Å². The lowest BCUT2D eigenvalue weighted by Crippen LogP contribution is -2.51. The van der Waals surface area contributed by atoms with Gasteiger partial charge in [-0.15, -0.1) is 11.3 Å². The summed E-state index contributed by atoms with van der Waals surface area (Å²) >= 11 is 1.17. The Morgan fingerprint density at radius 1 is 1.26 bits per heavy atom. The van der Waals surface area contributed by atoms with Gasteiger partial charge in [0.2, 0.25) is 5.91 Å². The first-order chi connectivity index (χ1) is 12.9. The van der Waals surface area contributed by atoms with Crippen molar-refractivity contribution in [3.8, 4) is 0 Å². The average molecular weight is 404 g/mol. The molecule has 0 aromatic carbocycles. The lowest BCUT2D eigenvalue weighted by atomic mass is 10.1. The Hall–Kier alpha value is -1.61. The van der Waals surface area contributed by atoms with Crippen molar-refractivity contribution in [2.75, 3.05) is 13.2 Å². The number of alkyl halides is 3. The number of rotatable bonds is 6. The third kappa shape index (κ3) is 5.01. The smallest absolute Gasteiger partial charge is 0.376 e. The van der Waals surface area contributed by atoms with E-state index in [9.17, 15) is 22.8 Å². The number of amides is 2. The summed E-state index contributed by atoms with van der Waals surface area (Å²) in [5, 5.41) is 4.53. The van der Waals surface area contributed by atoms with Gasteiger partial charge in [0.05, 0.1) is 6.10 Å². The maximum Gasteiger partial charge on any atom is 0.471 e. The van der Waals surface area contributed by atoms with E-state index >= 15 is 0 Å². The van der Waals surface area contributed by atoms with Crippen LogP contribution in [0.2, 0.25) is 0 Å². The lowest BCUT2D eigenvalue weighted by Gasteiger charge is -2.33. The predicted molar refractivity (Wildman–Crippen MR) is 94.2 cm³/mol. The SMILES string of the molecule is O=C(NC1CCCC1)[C@H](c1cccs1)N(C[C@H]1CCCO1)C(=O)C(F)(F)F. The summed E-state index contributed by atoms with van der Waals surface area (Å²) < 4.78 is 45.3. The fraction of sp³-hybridized carbons (Fsp3) is 0.667. The highest BCUT2D eigenvalue weighted by Gasteiger charge is 2.48. The molecule has 2 heterocycles. The molecule has 5 nitrogen and oxygen atoms in total. The van der Waals surface area contributed by atoms with Crippen molar-refractivity contribution in [1.82, 2.24) is 10.2 Å². The van der Waals surface area contributed by atoms with E-state index in [2.05, 4.69) is 5.32 Å². The van der Waals surface area contributed by atoms with Crippen LogP contribution >= 0.6 is 11.3 Å². The second-order valence-electron chi connectivity index (χ2n) is 7.00. The normalized spacial score (nSPS) is 22.0. The minimum atomic E-state index is -5.05. The van der Waals surface area contributed by atoms with Crippen molar-refractivity contribution >= 4 is 23.2 Å². The molecule has 1 aromatic heterocycles. The molecule has 1 aliphatic carbocycles. The highest BCUT2D eigenvalue weighted by Crippen LogP contribution is 2.32. The minimum Gasteiger partial charge on any atom is -0.376 e. The molecule has 3 rings (SSSR count). The predicted octanol–water partition coefficient (Wildman–Crippen LogP) is 3.42. The zero-order chi connectivity index (χ0) is 19.4. The van der Waals surface area contributed by atoms with Crippen molar-refractivity contribution in [2.45, 2.75) is 62.9 Å². The molecule has 1 aromatic rings. The van der Waals surface area contributed by atoms with Crippen LogP contribution in [-0.2, 0) is 14.3 Å². The van der Waals surface area contributed by atoms with Crippen molar-refractivity contribution in [3.05, 3.63) is 22.4 Å². The van der Waals surface area contributed by atoms with E-state index in [0.29, 0.717) is 22.8 Å². The van der Waals surface area contributed by atoms with Crippen LogP contribution in [0.5, 0.6) is 0 Å². The molecule has 0 radical (unpaired) electrons. The van der Waals surface area contributed by atoms with Crippen molar-refractivity contribution in [1.29, 1.82) is 0 Å². The maximum absolute atomic E-state index is 13.3. The van der Waals surface area contributed by atoms with Crippen molar-refractivity contribution in [3.63, 3.8) is 0 Å². The highest BCUT2D eigenvalue weighted by atomic mass is 32.1. The summed E-state index contributed by atoms with van der Waals surface area (Å²) in [5.41, 5.74) is 0. The van der Waals surface area contributed by atoms with Gasteiger partial charge in [0.25, 0.3) is 0 Å². The molecule has 150 valence electrons. The van der Waals surface area contributed by atoms with Crippen molar-refractivity contribution < 1.29 is 27.5 Å². The number of carbonyl (C=O) groups excluding carboxylic acids is 2. The van der Waals surface area contributed by atoms with Crippen molar-refractivity contribution in [2.24, 2.45) is 0 Å². The van der Waals surface area contributed by atoms with E-state index in [4.69, 9.17) is 4.74 Å². The fourth-order valence-electron chi connectivity index (χ4n) is 3.70. The zero-order valence-electron chi connectivity index (χ0n) is 14.8. The Kier molecular flexibility index (Phi) is 6.41. The van der Waals surface area contributed by atoms with Gasteiger partial charge in [-0.2, -0.15) is 13.2 Å². The monoisotopic (exact) mass is 404 g/mol. The first kappa shape index (κ1) is 20.1. The molecule has 2 aliphatic rings. The number of nitrogens with one attached hydrogen (secondary N) is 1. The average Bonchev–Trinajstić information content (AvgIpc) is 3.36. The van der Waals surface area contributed by atoms with Gasteiger partial charge >= 0.3 is 12.1 Å². The highest BCUT2D eigenvalue weighted by molar-refractivity contribution is 7.10. The standard InChI is InChI=1S/C18H23F3N2O3S/c19-18(20,21)17(25)23(11-13-7-3-9-26-13)15(14-8-4-10-27-14)16(24)22-12-5-1-2-6-12/h4,8,10,12-13,15H,1-3,5-7,9,11H2,(H,22,24)/t13-,15+/m1/s1. The minimum absolute atomic E-state index is 0.0504. The summed E-state index contributed by atoms with van der Waals surface area (Å²) in [6.07, 6.45) is -0.658. The maximum atomic E-state index is 13.3. The van der Waals surface area contributed by atoms with Gasteiger partial charge in [-0.05, 0) is 37.1 Å². The Bertz CT molecular complexity index is 639. The number of ether oxygens (including phenoxy) is 1. The second kappa shape index (κ2) is 8.60. The Morgan fingerprint density at radius 2 is 2.00 bits per heavy atom. The zero-order valence-corrected chi connectivity index (χ0v) is 15.7. The summed E-state index contributed by atoms with van der Waals surface area (Å²) in [6.45, 7) is 0.204. The molecule has 0 bridgehead atoms. The molecular weight excluding hydrogens is 381 g/mol. The third-order valence-electron chi connectivity index (χ3n) is 5.00. The van der Waals surface area contributed by atoms with E-state index in [1.54, 1.807) is 17.5 Å². The molecule has 27 heavy (non-hydrogen) atoms. The molecule has 2 amide bonds. The molecule has 1 saturated heterocycles. The lowest BCUT2D eigenvalue weighted by molar-refractivity contribution is -0.190. The van der Waals surface area contributed by atoms with Crippen LogP contribution in [-0.4, -0.2) is 48.2 Å². The largest absolute Gasteiger partial charge is 0.471 e. The fourth-order valence-corrected chi connectivity index (χ4v) is 4.53. The van der Waals surface area contributed by atoms with E-state index in [-0.39, 0.29) is 12.6 Å². The molecule has 1 saturated carbocycles. The van der Waals surface area contributed by atoms with Gasteiger partial charge in [0.1, 0.15) is 6.04 Å². The number of nitrogens with zero attached hydrogens (tertiary/aromatic N) is 1. The van der Waals surface area contributed by atoms with Gasteiger partial charge in [0.15, 0.2) is 0 Å². The topological polar surface area (TPSA) is 58.6 Å². The number of hydrogen-bond acceptors (Lipinski definition) is 4. The van der Waals surface area contributed by atoms with Crippen LogP contribution in [0.15, 0.2) is 17.5 Å². The Labute approximate surface area is 159 Å². The van der Waals surface area contributed by atoms with Crippen LogP contribution in [0.3, 0.4) is 0 Å². The molecule has 2 fully saturated rings. The van der Waals surface area contributed by atoms with E-state index in [1.807, 2.05) is 0 Å². The van der Waals surface area contributed by atoms with E-state index in [1.165, 1.54) is 11.3 Å². The number of thiophene rings is 1. The summed E-state index contributed by atoms with van der Waals surface area (Å²) in [5.74, 6) is -2.56. The molecule has 1 N–H and O–H groups in total. The van der Waals surface area contributed by atoms with Gasteiger partial charge in [-0.25, -0.2) is 0 Å². The molecule has 2 atom stereocenters. The van der Waals surface area contributed by atoms with E-state index < -0.39 is 30.1 Å². The second-order valence-corrected chi connectivity index (χ2v) is 7.98. The summed E-state index contributed by atoms with van der Waals surface area (Å²) in [6, 6.07) is 1.91. The van der Waals surface area contributed by atoms with Crippen LogP contribution in [0, 0.1) is 0 Å². The third-order valence-corrected chi connectivity index (χ3v) is 5.93. The van der Waals surface area contributed by atoms with Gasteiger partial charge < -0.3 is 15.0 Å². The molecular formula is C18H23F3N2O3S. The van der Waals surface area contributed by atoms with Gasteiger partial charge in [-0.1, -0.05) is 18.9 Å². The first-order valence-corrected chi connectivity index (χ1v) is 10.1. The quantitative estimate of drug-likeness (QED) is 0.791. The van der Waals surface area contributed by atoms with Crippen LogP contribution < -0.4 is 5.32 Å². The first-order valence-electron chi connectivity index (χ1n) is 9.19. The Morgan fingerprint density at radius 3 is 2.56 bits per heavy atom. The number of hydrogen-bond donors (Lipinski definition) is 1. The van der Waals surface area contributed by atoms with Gasteiger partial charge in [-0.3, -0.25) is 9.59 Å². The van der Waals surface area contributed by atoms with Gasteiger partial charge in [0, 0.05) is 24.1 Å². The van der Waals surface area contributed by atoms with Crippen LogP contribution in [0.4, 0.5) is 13.2 Å². The molecule has 0 spiro atoms. The molecule has 1 aliphatic heterocycles. The molecule has 0 unspecified atom stereocenters. The summed E-state index contributed by atoms with van der Waals surface area (Å²) in [4.78, 5) is 26.2. The molecule has 9 heteroatoms. The number of carbonyl (C=O) groups is 2. The van der Waals surface area contributed by atoms with Crippen LogP contribution in [0.25, 0.3) is 0 Å².